The Labute approximate surface area is 108 Å². The molecule has 0 amide bonds. The molecule has 17 heavy (non-hydrogen) atoms. The van der Waals surface area contributed by atoms with Crippen molar-refractivity contribution in [3.05, 3.63) is 23.4 Å². The first-order valence-corrected chi connectivity index (χ1v) is 6.48. The second-order valence-electron chi connectivity index (χ2n) is 4.58. The average molecular weight is 255 g/mol. The van der Waals surface area contributed by atoms with E-state index in [4.69, 9.17) is 16.3 Å². The summed E-state index contributed by atoms with van der Waals surface area (Å²) in [7, 11) is 1.73. The third-order valence-electron chi connectivity index (χ3n) is 3.33. The molecule has 1 aliphatic carbocycles. The number of rotatable bonds is 6. The Bertz CT molecular complexity index is 368. The molecule has 4 heteroatoms. The highest BCUT2D eigenvalue weighted by atomic mass is 35.5. The molecule has 1 unspecified atom stereocenters. The molecule has 0 aromatic carbocycles. The Morgan fingerprint density at radius 2 is 2.29 bits per heavy atom. The maximum absolute atomic E-state index is 5.95. The number of hydrogen-bond donors (Lipinski definition) is 0. The van der Waals surface area contributed by atoms with Crippen molar-refractivity contribution in [2.75, 3.05) is 25.2 Å². The first-order valence-electron chi connectivity index (χ1n) is 6.10. The highest BCUT2D eigenvalue weighted by Crippen LogP contribution is 2.36. The minimum atomic E-state index is 0.510. The van der Waals surface area contributed by atoms with Crippen LogP contribution in [0.2, 0.25) is 5.15 Å². The SMILES string of the molecule is COCCN(c1cccc(Cl)n1)C(C)C1CC1. The van der Waals surface area contributed by atoms with E-state index in [1.165, 1.54) is 12.8 Å². The van der Waals surface area contributed by atoms with Crippen LogP contribution in [0, 0.1) is 5.92 Å². The average Bonchev–Trinajstić information content (AvgIpc) is 3.13. The number of pyridine rings is 1. The third kappa shape index (κ3) is 3.33. The summed E-state index contributed by atoms with van der Waals surface area (Å²) in [4.78, 5) is 6.69. The zero-order valence-corrected chi connectivity index (χ0v) is 11.2. The molecule has 2 rings (SSSR count). The van der Waals surface area contributed by atoms with Gasteiger partial charge in [0.15, 0.2) is 0 Å². The van der Waals surface area contributed by atoms with E-state index in [1.807, 2.05) is 12.1 Å². The first-order chi connectivity index (χ1) is 8.22. The Morgan fingerprint density at radius 1 is 1.53 bits per heavy atom. The molecule has 1 heterocycles. The number of aromatic nitrogens is 1. The molecule has 1 aromatic heterocycles. The van der Waals surface area contributed by atoms with Crippen molar-refractivity contribution in [2.45, 2.75) is 25.8 Å². The van der Waals surface area contributed by atoms with Crippen LogP contribution in [0.5, 0.6) is 0 Å². The maximum atomic E-state index is 5.95. The number of methoxy groups -OCH3 is 1. The summed E-state index contributed by atoms with van der Waals surface area (Å²) < 4.78 is 5.17. The van der Waals surface area contributed by atoms with Gasteiger partial charge in [0.2, 0.25) is 0 Å². The maximum Gasteiger partial charge on any atom is 0.131 e. The summed E-state index contributed by atoms with van der Waals surface area (Å²) in [5.41, 5.74) is 0. The van der Waals surface area contributed by atoms with Gasteiger partial charge in [0, 0.05) is 19.7 Å². The molecule has 0 bridgehead atoms. The van der Waals surface area contributed by atoms with Crippen LogP contribution >= 0.6 is 11.6 Å². The van der Waals surface area contributed by atoms with Crippen molar-refractivity contribution < 1.29 is 4.74 Å². The molecular formula is C13H19ClN2O. The van der Waals surface area contributed by atoms with Gasteiger partial charge >= 0.3 is 0 Å². The minimum absolute atomic E-state index is 0.510. The van der Waals surface area contributed by atoms with Crippen LogP contribution in [0.1, 0.15) is 19.8 Å². The summed E-state index contributed by atoms with van der Waals surface area (Å²) >= 11 is 5.95. The molecular weight excluding hydrogens is 236 g/mol. The first kappa shape index (κ1) is 12.7. The molecule has 0 radical (unpaired) electrons. The largest absolute Gasteiger partial charge is 0.383 e. The lowest BCUT2D eigenvalue weighted by molar-refractivity contribution is 0.202. The van der Waals surface area contributed by atoms with Crippen molar-refractivity contribution in [2.24, 2.45) is 5.92 Å². The smallest absolute Gasteiger partial charge is 0.131 e. The van der Waals surface area contributed by atoms with Crippen LogP contribution in [0.4, 0.5) is 5.82 Å². The number of hydrogen-bond acceptors (Lipinski definition) is 3. The Balaban J connectivity index is 2.13. The van der Waals surface area contributed by atoms with Crippen LogP contribution in [0.25, 0.3) is 0 Å². The zero-order valence-electron chi connectivity index (χ0n) is 10.4. The summed E-state index contributed by atoms with van der Waals surface area (Å²) in [6.07, 6.45) is 2.65. The topological polar surface area (TPSA) is 25.4 Å². The van der Waals surface area contributed by atoms with Gasteiger partial charge in [0.25, 0.3) is 0 Å². The normalized spacial score (nSPS) is 16.9. The van der Waals surface area contributed by atoms with Crippen LogP contribution in [-0.2, 0) is 4.74 Å². The monoisotopic (exact) mass is 254 g/mol. The Hall–Kier alpha value is -0.800. The van der Waals surface area contributed by atoms with E-state index in [1.54, 1.807) is 13.2 Å². The molecule has 0 N–H and O–H groups in total. The van der Waals surface area contributed by atoms with E-state index in [-0.39, 0.29) is 0 Å². The molecule has 1 saturated carbocycles. The number of ether oxygens (including phenoxy) is 1. The van der Waals surface area contributed by atoms with Crippen LogP contribution in [0.15, 0.2) is 18.2 Å². The van der Waals surface area contributed by atoms with Crippen molar-refractivity contribution >= 4 is 17.4 Å². The zero-order chi connectivity index (χ0) is 12.3. The summed E-state index contributed by atoms with van der Waals surface area (Å²) in [6.45, 7) is 3.84. The molecule has 0 saturated heterocycles. The van der Waals surface area contributed by atoms with Crippen LogP contribution < -0.4 is 4.90 Å². The summed E-state index contributed by atoms with van der Waals surface area (Å²) in [5.74, 6) is 1.75. The molecule has 1 aliphatic rings. The van der Waals surface area contributed by atoms with Crippen molar-refractivity contribution in [1.29, 1.82) is 0 Å². The van der Waals surface area contributed by atoms with E-state index in [0.717, 1.165) is 18.3 Å². The van der Waals surface area contributed by atoms with Crippen LogP contribution in [-0.4, -0.2) is 31.3 Å². The fourth-order valence-corrected chi connectivity index (χ4v) is 2.27. The van der Waals surface area contributed by atoms with Crippen molar-refractivity contribution in [3.8, 4) is 0 Å². The van der Waals surface area contributed by atoms with Gasteiger partial charge in [-0.25, -0.2) is 4.98 Å². The molecule has 0 aliphatic heterocycles. The van der Waals surface area contributed by atoms with E-state index in [9.17, 15) is 0 Å². The third-order valence-corrected chi connectivity index (χ3v) is 3.54. The lowest BCUT2D eigenvalue weighted by atomic mass is 10.2. The molecule has 0 spiro atoms. The Morgan fingerprint density at radius 3 is 2.88 bits per heavy atom. The van der Waals surface area contributed by atoms with Gasteiger partial charge in [-0.15, -0.1) is 0 Å². The van der Waals surface area contributed by atoms with E-state index >= 15 is 0 Å². The predicted molar refractivity (Wildman–Crippen MR) is 70.7 cm³/mol. The summed E-state index contributed by atoms with van der Waals surface area (Å²) in [5, 5.41) is 0.549. The lowest BCUT2D eigenvalue weighted by Gasteiger charge is -2.30. The standard InChI is InChI=1S/C13H19ClN2O/c1-10(11-6-7-11)16(8-9-17-2)13-5-3-4-12(14)15-13/h3-5,10-11H,6-9H2,1-2H3. The molecule has 1 atom stereocenters. The lowest BCUT2D eigenvalue weighted by Crippen LogP contribution is -2.37. The minimum Gasteiger partial charge on any atom is -0.383 e. The van der Waals surface area contributed by atoms with Gasteiger partial charge < -0.3 is 9.64 Å². The van der Waals surface area contributed by atoms with Crippen LogP contribution in [0.3, 0.4) is 0 Å². The molecule has 3 nitrogen and oxygen atoms in total. The fourth-order valence-electron chi connectivity index (χ4n) is 2.11. The second-order valence-corrected chi connectivity index (χ2v) is 4.97. The number of nitrogens with zero attached hydrogens (tertiary/aromatic N) is 2. The molecule has 1 aromatic rings. The van der Waals surface area contributed by atoms with E-state index < -0.39 is 0 Å². The molecule has 1 fully saturated rings. The number of anilines is 1. The van der Waals surface area contributed by atoms with Crippen molar-refractivity contribution in [1.82, 2.24) is 4.98 Å². The number of halogens is 1. The second kappa shape index (κ2) is 5.69. The van der Waals surface area contributed by atoms with Gasteiger partial charge in [-0.1, -0.05) is 17.7 Å². The fraction of sp³-hybridized carbons (Fsp3) is 0.615. The highest BCUT2D eigenvalue weighted by molar-refractivity contribution is 6.29. The van der Waals surface area contributed by atoms with Crippen molar-refractivity contribution in [3.63, 3.8) is 0 Å². The van der Waals surface area contributed by atoms with E-state index in [0.29, 0.717) is 17.8 Å². The van der Waals surface area contributed by atoms with Gasteiger partial charge in [-0.3, -0.25) is 0 Å². The van der Waals surface area contributed by atoms with Gasteiger partial charge in [-0.2, -0.15) is 0 Å². The quantitative estimate of drug-likeness (QED) is 0.730. The van der Waals surface area contributed by atoms with Gasteiger partial charge in [-0.05, 0) is 37.8 Å². The molecule has 94 valence electrons. The Kier molecular flexibility index (Phi) is 4.24. The van der Waals surface area contributed by atoms with Gasteiger partial charge in [0.1, 0.15) is 11.0 Å². The van der Waals surface area contributed by atoms with E-state index in [2.05, 4.69) is 16.8 Å². The predicted octanol–water partition coefficient (Wildman–Crippen LogP) is 2.99. The van der Waals surface area contributed by atoms with Gasteiger partial charge in [0.05, 0.1) is 6.61 Å². The highest BCUT2D eigenvalue weighted by Gasteiger charge is 2.32. The summed E-state index contributed by atoms with van der Waals surface area (Å²) in [6, 6.07) is 6.28.